The molecule has 1 aliphatic heterocycles. The maximum absolute atomic E-state index is 15.0. The van der Waals surface area contributed by atoms with Gasteiger partial charge in [0.1, 0.15) is 66.5 Å². The largest absolute Gasteiger partial charge is 0.370 e. The fourth-order valence-electron chi connectivity index (χ4n) is 12.1. The lowest BCUT2D eigenvalue weighted by atomic mass is 10.00. The number of nitrogens with one attached hydrogen (secondary N) is 10. The first-order valence-electron chi connectivity index (χ1n) is 37.0. The third-order valence-electron chi connectivity index (χ3n) is 17.6. The van der Waals surface area contributed by atoms with Crippen LogP contribution in [-0.4, -0.2) is 205 Å². The number of carbonyl (C=O) groups is 12. The van der Waals surface area contributed by atoms with Gasteiger partial charge in [-0.2, -0.15) is 0 Å². The van der Waals surface area contributed by atoms with E-state index in [2.05, 4.69) is 73.1 Å². The minimum Gasteiger partial charge on any atom is -0.370 e. The van der Waals surface area contributed by atoms with Crippen molar-refractivity contribution in [3.63, 3.8) is 0 Å². The summed E-state index contributed by atoms with van der Waals surface area (Å²) < 4.78 is 0. The Labute approximate surface area is 641 Å². The van der Waals surface area contributed by atoms with E-state index in [1.165, 1.54) is 18.7 Å². The summed E-state index contributed by atoms with van der Waals surface area (Å²) >= 11 is 0. The van der Waals surface area contributed by atoms with Crippen molar-refractivity contribution >= 4 is 94.7 Å². The lowest BCUT2D eigenvalue weighted by Crippen LogP contribution is -2.61. The summed E-state index contributed by atoms with van der Waals surface area (Å²) in [5.74, 6) is -10.5. The van der Waals surface area contributed by atoms with E-state index < -0.39 is 137 Å². The number of likely N-dealkylation sites (tertiary alicyclic amines) is 1. The monoisotopic (exact) mass is 1530 g/mol. The van der Waals surface area contributed by atoms with E-state index in [1.807, 2.05) is 0 Å². The molecule has 37 heteroatoms. The molecule has 0 spiro atoms. The average Bonchev–Trinajstić information content (AvgIpc) is 1.62. The molecule has 0 bridgehead atoms. The smallest absolute Gasteiger partial charge is 0.245 e. The molecule has 0 saturated carbocycles. The molecule has 30 N–H and O–H groups in total. The van der Waals surface area contributed by atoms with Gasteiger partial charge in [0.05, 0.1) is 0 Å². The summed E-state index contributed by atoms with van der Waals surface area (Å²) in [6.07, 6.45) is 1.77. The first kappa shape index (κ1) is 90.7. The summed E-state index contributed by atoms with van der Waals surface area (Å²) in [6, 6.07) is 12.0. The zero-order valence-electron chi connectivity index (χ0n) is 63.3. The van der Waals surface area contributed by atoms with Crippen LogP contribution >= 0.6 is 0 Å². The lowest BCUT2D eigenvalue weighted by Gasteiger charge is -2.30. The van der Waals surface area contributed by atoms with Gasteiger partial charge in [0.15, 0.2) is 23.8 Å². The molecular weight excluding hydrogens is 1420 g/mol. The van der Waals surface area contributed by atoms with Crippen LogP contribution in [-0.2, 0) is 76.8 Å². The van der Waals surface area contributed by atoms with E-state index in [0.29, 0.717) is 36.9 Å². The zero-order valence-corrected chi connectivity index (χ0v) is 63.3. The number of rotatable bonds is 49. The van der Waals surface area contributed by atoms with Gasteiger partial charge in [-0.05, 0) is 126 Å². The summed E-state index contributed by atoms with van der Waals surface area (Å²) in [4.78, 5) is 188. The van der Waals surface area contributed by atoms with Gasteiger partial charge in [0.2, 0.25) is 70.9 Å². The molecule has 0 radical (unpaired) electrons. The Bertz CT molecular complexity index is 3610. The van der Waals surface area contributed by atoms with Crippen LogP contribution in [0.4, 0.5) is 0 Å². The molecule has 0 aliphatic carbocycles. The molecular formula is C73H115N25O12. The van der Waals surface area contributed by atoms with Crippen LogP contribution in [0.25, 0.3) is 0 Å². The lowest BCUT2D eigenvalue weighted by molar-refractivity contribution is -0.142. The van der Waals surface area contributed by atoms with Crippen molar-refractivity contribution in [3.05, 3.63) is 108 Å². The summed E-state index contributed by atoms with van der Waals surface area (Å²) in [5, 5.41) is 27.3. The molecule has 1 fully saturated rings. The number of carbonyl (C=O) groups excluding carboxylic acids is 12. The fraction of sp³-hybridized carbons (Fsp3) is 0.534. The fourth-order valence-corrected chi connectivity index (χ4v) is 12.1. The molecule has 1 aliphatic rings. The van der Waals surface area contributed by atoms with Gasteiger partial charge in [0.25, 0.3) is 0 Å². The molecule has 4 rings (SSSR count). The third kappa shape index (κ3) is 34.5. The zero-order chi connectivity index (χ0) is 81.2. The minimum atomic E-state index is -1.48. The van der Waals surface area contributed by atoms with Gasteiger partial charge < -0.3 is 115 Å². The van der Waals surface area contributed by atoms with Crippen molar-refractivity contribution in [2.75, 3.05) is 39.3 Å². The summed E-state index contributed by atoms with van der Waals surface area (Å²) in [6.45, 7) is 6.63. The van der Waals surface area contributed by atoms with Crippen LogP contribution in [0.2, 0.25) is 0 Å². The van der Waals surface area contributed by atoms with Gasteiger partial charge in [0, 0.05) is 58.9 Å². The number of aliphatic imine (C=N–C) groups is 4. The minimum absolute atomic E-state index is 0.00528. The molecule has 12 amide bonds. The van der Waals surface area contributed by atoms with Crippen LogP contribution in [0, 0.1) is 5.92 Å². The van der Waals surface area contributed by atoms with E-state index >= 15 is 0 Å². The van der Waals surface area contributed by atoms with Crippen molar-refractivity contribution in [2.24, 2.45) is 83.2 Å². The molecule has 110 heavy (non-hydrogen) atoms. The highest BCUT2D eigenvalue weighted by Crippen LogP contribution is 2.21. The standard InChI is InChI=1S/C73H115N25O12/c1-43(2)39-54(95-63(104)52(30-18-36-86-72(80)81)93-66(107)56(41-47-23-10-6-11-24-47)97-67(108)57(42-48-25-12-7-13-26-48)96-65(106)55(89-45(4)99)40-46-21-8-5-9-22-46)64(105)92-51(29-17-35-85-71(78)79)62(103)91-50(28-16-34-84-70(76)77)61(102)88-44(3)60(101)94-53(31-19-37-87-73(82)83)69(110)98-38-20-32-58(98)68(109)90-49(59(75)100)27-14-15-33-74/h5-13,21-26,43-44,49-58H,14-20,27-42,74H2,1-4H3,(H2,75,100)(H,88,102)(H,89,99)(H,90,109)(H,91,103)(H,92,105)(H,93,107)(H,94,101)(H,95,104)(H,96,106)(H,97,108)(H4,76,77,84)(H4,78,79,85)(H4,80,81,86)(H4,82,83,87)/t44-,49+,50+,51+,52+,53+,54+,55+,56+,57+,58+/m1/s1. The van der Waals surface area contributed by atoms with E-state index in [-0.39, 0.29) is 152 Å². The number of hydrogen-bond acceptors (Lipinski definition) is 17. The molecule has 604 valence electrons. The Balaban J connectivity index is 1.66. The van der Waals surface area contributed by atoms with Crippen LogP contribution in [0.15, 0.2) is 111 Å². The van der Waals surface area contributed by atoms with Gasteiger partial charge in [-0.1, -0.05) is 105 Å². The first-order valence-corrected chi connectivity index (χ1v) is 37.0. The highest BCUT2D eigenvalue weighted by Gasteiger charge is 2.40. The Kier molecular flexibility index (Phi) is 40.1. The maximum Gasteiger partial charge on any atom is 0.245 e. The van der Waals surface area contributed by atoms with Crippen LogP contribution in [0.1, 0.15) is 134 Å². The Morgan fingerprint density at radius 1 is 0.391 bits per heavy atom. The van der Waals surface area contributed by atoms with E-state index in [1.54, 1.807) is 105 Å². The molecule has 1 saturated heterocycles. The van der Waals surface area contributed by atoms with Crippen LogP contribution in [0.3, 0.4) is 0 Å². The number of nitrogens with zero attached hydrogens (tertiary/aromatic N) is 5. The molecule has 1 heterocycles. The number of primary amides is 1. The molecule has 3 aromatic carbocycles. The Morgan fingerprint density at radius 3 is 1.08 bits per heavy atom. The number of nitrogens with two attached hydrogens (primary N) is 10. The number of amides is 12. The van der Waals surface area contributed by atoms with Gasteiger partial charge in [-0.3, -0.25) is 77.5 Å². The maximum atomic E-state index is 15.0. The molecule has 0 unspecified atom stereocenters. The van der Waals surface area contributed by atoms with Crippen molar-refractivity contribution in [1.29, 1.82) is 0 Å². The summed E-state index contributed by atoms with van der Waals surface area (Å²) in [7, 11) is 0. The van der Waals surface area contributed by atoms with E-state index in [4.69, 9.17) is 57.3 Å². The third-order valence-corrected chi connectivity index (χ3v) is 17.6. The second kappa shape index (κ2) is 48.6. The molecule has 11 atom stereocenters. The average molecular weight is 1530 g/mol. The van der Waals surface area contributed by atoms with Gasteiger partial charge in [-0.25, -0.2) is 0 Å². The Morgan fingerprint density at radius 2 is 0.718 bits per heavy atom. The number of benzene rings is 3. The van der Waals surface area contributed by atoms with Gasteiger partial charge in [-0.15, -0.1) is 0 Å². The van der Waals surface area contributed by atoms with Crippen molar-refractivity contribution in [3.8, 4) is 0 Å². The first-order chi connectivity index (χ1) is 52.3. The quantitative estimate of drug-likeness (QED) is 0.0144. The Hall–Kier alpha value is -11.7. The molecule has 37 nitrogen and oxygen atoms in total. The SMILES string of the molecule is CC(=O)N[C@@H](Cc1ccccc1)C(=O)N[C@@H](Cc1ccccc1)C(=O)N[C@@H](Cc1ccccc1)C(=O)N[C@@H](CCCN=C(N)N)C(=O)N[C@@H](CC(C)C)C(=O)N[C@@H](CCCN=C(N)N)C(=O)N[C@@H](CCCN=C(N)N)C(=O)N[C@H](C)C(=O)N[C@@H](CCCN=C(N)N)C(=O)N1CCC[C@H]1C(=O)N[C@@H](CCCCN)C(N)=O. The van der Waals surface area contributed by atoms with Crippen LogP contribution in [0.5, 0.6) is 0 Å². The summed E-state index contributed by atoms with van der Waals surface area (Å²) in [5.41, 5.74) is 58.2. The van der Waals surface area contributed by atoms with E-state index in [0.717, 1.165) is 5.56 Å². The predicted molar refractivity (Wildman–Crippen MR) is 417 cm³/mol. The number of unbranched alkanes of at least 4 members (excludes halogenated alkanes) is 1. The highest BCUT2D eigenvalue weighted by molar-refractivity contribution is 5.99. The second-order valence-corrected chi connectivity index (χ2v) is 27.3. The van der Waals surface area contributed by atoms with Crippen molar-refractivity contribution < 1.29 is 57.5 Å². The normalized spacial score (nSPS) is 15.0. The topological polar surface area (TPSA) is 638 Å². The van der Waals surface area contributed by atoms with Gasteiger partial charge >= 0.3 is 0 Å². The number of guanidine groups is 4. The van der Waals surface area contributed by atoms with E-state index in [9.17, 15) is 57.5 Å². The second-order valence-electron chi connectivity index (χ2n) is 27.3. The highest BCUT2D eigenvalue weighted by atomic mass is 16.2. The van der Waals surface area contributed by atoms with Crippen molar-refractivity contribution in [2.45, 2.75) is 203 Å². The predicted octanol–water partition coefficient (Wildman–Crippen LogP) is -4.53. The van der Waals surface area contributed by atoms with Crippen molar-refractivity contribution in [1.82, 2.24) is 58.1 Å². The number of hydrogen-bond donors (Lipinski definition) is 20. The molecule has 0 aromatic heterocycles. The molecule has 3 aromatic rings. The van der Waals surface area contributed by atoms with Crippen LogP contribution < -0.4 is 111 Å².